The number of allylic oxidation sites excluding steroid dienone is 20. The number of esters is 3. The van der Waals surface area contributed by atoms with Crippen molar-refractivity contribution in [3.05, 3.63) is 122 Å². The molecule has 0 fully saturated rings. The van der Waals surface area contributed by atoms with Crippen molar-refractivity contribution in [2.45, 2.75) is 251 Å². The van der Waals surface area contributed by atoms with E-state index in [0.717, 1.165) is 116 Å². The molecule has 0 rings (SSSR count). The second kappa shape index (κ2) is 59.0. The number of rotatable bonds is 55. The molecular formula is C66H109O11P. The standard InChI is InChI=1S/C66H109O11P/c1-4-7-10-13-16-19-22-25-28-30-31-33-36-39-42-45-48-51-54-57-66(70)77-63(59-73-64(68)55-52-49-46-43-40-37-34-27-24-21-18-15-12-9-6-3)61-75-78(71,72)74-60-62(58-67)76-65(69)56-53-50-47-44-41-38-35-32-29-26-23-20-17-14-11-8-5-2/h7,9-10,12,16,18-19,21,25-29,31,33-34,39-40,42-43,62-63,67H,4-6,8,11,13-15,17,20,22-24,30,32,35-38,41,44-61H2,1-3H3,(H,71,72)/b10-7-,12-9-,19-16-,21-18-,28-25-,29-26-,33-31-,34-27-,42-39-,43-40-. The van der Waals surface area contributed by atoms with E-state index in [1.807, 2.05) is 0 Å². The second-order valence-electron chi connectivity index (χ2n) is 19.7. The molecule has 0 radical (unpaired) electrons. The first kappa shape index (κ1) is 73.9. The molecule has 3 unspecified atom stereocenters. The van der Waals surface area contributed by atoms with Crippen molar-refractivity contribution in [1.82, 2.24) is 0 Å². The average Bonchev–Trinajstić information content (AvgIpc) is 3.43. The van der Waals surface area contributed by atoms with Crippen LogP contribution in [0.3, 0.4) is 0 Å². The first-order valence-electron chi connectivity index (χ1n) is 30.4. The lowest BCUT2D eigenvalue weighted by Gasteiger charge is -2.21. The molecule has 0 aromatic carbocycles. The van der Waals surface area contributed by atoms with Crippen molar-refractivity contribution in [3.63, 3.8) is 0 Å². The van der Waals surface area contributed by atoms with Crippen molar-refractivity contribution in [2.24, 2.45) is 0 Å². The van der Waals surface area contributed by atoms with Gasteiger partial charge in [0, 0.05) is 19.3 Å². The largest absolute Gasteiger partial charge is 0.472 e. The molecule has 0 aliphatic carbocycles. The molecule has 3 atom stereocenters. The van der Waals surface area contributed by atoms with E-state index in [1.54, 1.807) is 0 Å². The highest BCUT2D eigenvalue weighted by Crippen LogP contribution is 2.43. The lowest BCUT2D eigenvalue weighted by Crippen LogP contribution is -2.30. The zero-order valence-electron chi connectivity index (χ0n) is 49.1. The predicted molar refractivity (Wildman–Crippen MR) is 325 cm³/mol. The van der Waals surface area contributed by atoms with Crippen LogP contribution in [-0.2, 0) is 42.2 Å². The first-order valence-corrected chi connectivity index (χ1v) is 31.9. The number of phosphoric acid groups is 1. The smallest absolute Gasteiger partial charge is 0.462 e. The van der Waals surface area contributed by atoms with Crippen LogP contribution in [0.15, 0.2) is 122 Å². The fourth-order valence-corrected chi connectivity index (χ4v) is 8.56. The topological polar surface area (TPSA) is 155 Å². The lowest BCUT2D eigenvalue weighted by molar-refractivity contribution is -0.161. The van der Waals surface area contributed by atoms with Gasteiger partial charge in [-0.05, 0) is 128 Å². The van der Waals surface area contributed by atoms with Gasteiger partial charge in [0.25, 0.3) is 0 Å². The summed E-state index contributed by atoms with van der Waals surface area (Å²) < 4.78 is 39.5. The molecule has 0 saturated heterocycles. The van der Waals surface area contributed by atoms with Crippen molar-refractivity contribution in [2.75, 3.05) is 26.4 Å². The summed E-state index contributed by atoms with van der Waals surface area (Å²) in [6, 6.07) is 0. The fourth-order valence-electron chi connectivity index (χ4n) is 7.78. The highest BCUT2D eigenvalue weighted by Gasteiger charge is 2.28. The predicted octanol–water partition coefficient (Wildman–Crippen LogP) is 18.4. The molecule has 0 saturated carbocycles. The summed E-state index contributed by atoms with van der Waals surface area (Å²) in [6.45, 7) is 4.32. The Morgan fingerprint density at radius 1 is 0.372 bits per heavy atom. The van der Waals surface area contributed by atoms with Crippen molar-refractivity contribution >= 4 is 25.7 Å². The van der Waals surface area contributed by atoms with Gasteiger partial charge in [-0.1, -0.05) is 213 Å². The Bertz CT molecular complexity index is 1770. The van der Waals surface area contributed by atoms with Gasteiger partial charge in [0.05, 0.1) is 19.8 Å². The molecule has 0 spiro atoms. The number of hydrogen-bond acceptors (Lipinski definition) is 10. The summed E-state index contributed by atoms with van der Waals surface area (Å²) in [4.78, 5) is 48.6. The normalized spacial score (nSPS) is 14.2. The van der Waals surface area contributed by atoms with Crippen LogP contribution in [0.1, 0.15) is 239 Å². The van der Waals surface area contributed by atoms with Crippen molar-refractivity contribution in [3.8, 4) is 0 Å². The van der Waals surface area contributed by atoms with E-state index in [-0.39, 0.29) is 25.9 Å². The summed E-state index contributed by atoms with van der Waals surface area (Å²) in [5.74, 6) is -1.57. The van der Waals surface area contributed by atoms with Crippen LogP contribution in [0.2, 0.25) is 0 Å². The monoisotopic (exact) mass is 1110 g/mol. The maximum Gasteiger partial charge on any atom is 0.472 e. The Balaban J connectivity index is 4.82. The summed E-state index contributed by atoms with van der Waals surface area (Å²) >= 11 is 0. The third-order valence-electron chi connectivity index (χ3n) is 12.3. The quantitative estimate of drug-likeness (QED) is 0.0197. The third kappa shape index (κ3) is 56.6. The SMILES string of the molecule is CC/C=C\C/C=C\C/C=C\C/C=C\C/C=C\CCCCCC(=O)OC(COC(=O)CCCC/C=C\C/C=C\C/C=C\C/C=C\CC)COP(=O)(O)OCC(CO)OC(=O)CCCCCCCCC/C=C\CCCCCCCC. The van der Waals surface area contributed by atoms with Crippen molar-refractivity contribution in [1.29, 1.82) is 0 Å². The van der Waals surface area contributed by atoms with E-state index >= 15 is 0 Å². The van der Waals surface area contributed by atoms with Gasteiger partial charge in [-0.15, -0.1) is 0 Å². The molecule has 0 aliphatic heterocycles. The van der Waals surface area contributed by atoms with E-state index in [1.165, 1.54) is 64.2 Å². The van der Waals surface area contributed by atoms with Crippen LogP contribution >= 0.6 is 7.82 Å². The summed E-state index contributed by atoms with van der Waals surface area (Å²) in [6.07, 6.45) is 73.0. The van der Waals surface area contributed by atoms with E-state index < -0.39 is 57.8 Å². The molecule has 0 bridgehead atoms. The molecule has 11 nitrogen and oxygen atoms in total. The number of carbonyl (C=O) groups excluding carboxylic acids is 3. The molecular weight excluding hydrogens is 1000 g/mol. The van der Waals surface area contributed by atoms with Crippen molar-refractivity contribution < 1.29 is 52.2 Å². The minimum Gasteiger partial charge on any atom is -0.462 e. The lowest BCUT2D eigenvalue weighted by atomic mass is 10.1. The molecule has 444 valence electrons. The number of unbranched alkanes of at least 4 members (excludes halogenated alkanes) is 18. The molecule has 2 N–H and O–H groups in total. The number of aliphatic hydroxyl groups excluding tert-OH is 1. The van der Waals surface area contributed by atoms with E-state index in [2.05, 4.69) is 142 Å². The first-order chi connectivity index (χ1) is 38.2. The van der Waals surface area contributed by atoms with Crippen LogP contribution < -0.4 is 0 Å². The van der Waals surface area contributed by atoms with E-state index in [0.29, 0.717) is 19.3 Å². The molecule has 0 aromatic rings. The fraction of sp³-hybridized carbons (Fsp3) is 0.652. The van der Waals surface area contributed by atoms with E-state index in [9.17, 15) is 28.9 Å². The number of aliphatic hydroxyl groups is 1. The molecule has 0 aliphatic rings. The van der Waals surface area contributed by atoms with Gasteiger partial charge in [-0.3, -0.25) is 23.4 Å². The number of hydrogen-bond donors (Lipinski definition) is 2. The number of carbonyl (C=O) groups is 3. The van der Waals surface area contributed by atoms with Crippen LogP contribution in [-0.4, -0.2) is 66.5 Å². The zero-order chi connectivity index (χ0) is 56.9. The van der Waals surface area contributed by atoms with Gasteiger partial charge < -0.3 is 24.2 Å². The van der Waals surface area contributed by atoms with Gasteiger partial charge in [-0.25, -0.2) is 4.57 Å². The molecule has 78 heavy (non-hydrogen) atoms. The highest BCUT2D eigenvalue weighted by molar-refractivity contribution is 7.47. The molecule has 12 heteroatoms. The molecule has 0 heterocycles. The Labute approximate surface area is 475 Å². The van der Waals surface area contributed by atoms with Gasteiger partial charge in [0.1, 0.15) is 12.7 Å². The maximum absolute atomic E-state index is 12.9. The Hall–Kier alpha value is -4.12. The molecule has 0 aromatic heterocycles. The average molecular weight is 1110 g/mol. The molecule has 0 amide bonds. The van der Waals surface area contributed by atoms with Gasteiger partial charge in [0.2, 0.25) is 0 Å². The minimum absolute atomic E-state index is 0.113. The zero-order valence-corrected chi connectivity index (χ0v) is 50.0. The van der Waals surface area contributed by atoms with Crippen LogP contribution in [0.4, 0.5) is 0 Å². The highest BCUT2D eigenvalue weighted by atomic mass is 31.2. The second-order valence-corrected chi connectivity index (χ2v) is 21.2. The minimum atomic E-state index is -4.78. The Morgan fingerprint density at radius 3 is 1.08 bits per heavy atom. The maximum atomic E-state index is 12.9. The van der Waals surface area contributed by atoms with Gasteiger partial charge in [-0.2, -0.15) is 0 Å². The number of ether oxygens (including phenoxy) is 3. The summed E-state index contributed by atoms with van der Waals surface area (Å²) in [5.41, 5.74) is 0. The van der Waals surface area contributed by atoms with Gasteiger partial charge in [0.15, 0.2) is 6.10 Å². The van der Waals surface area contributed by atoms with Crippen LogP contribution in [0.5, 0.6) is 0 Å². The van der Waals surface area contributed by atoms with Crippen LogP contribution in [0.25, 0.3) is 0 Å². The van der Waals surface area contributed by atoms with Crippen LogP contribution in [0, 0.1) is 0 Å². The van der Waals surface area contributed by atoms with Gasteiger partial charge >= 0.3 is 25.7 Å². The van der Waals surface area contributed by atoms with E-state index in [4.69, 9.17) is 23.3 Å². The summed E-state index contributed by atoms with van der Waals surface area (Å²) in [7, 11) is -4.78. The Kier molecular flexibility index (Phi) is 55.9. The number of phosphoric ester groups is 1. The summed E-state index contributed by atoms with van der Waals surface area (Å²) in [5, 5.41) is 9.84. The Morgan fingerprint density at radius 2 is 0.667 bits per heavy atom. The third-order valence-corrected chi connectivity index (χ3v) is 13.3.